The maximum absolute atomic E-state index is 12.0. The standard InChI is InChI=1S/C12H22N2O5S/c1-4-20(18,19)14-7-5-9(6-8-14)10(15)13-12(2,3)11(16)17/h9H,4-8H2,1-3H3,(H,13,15)(H,16,17). The number of nitrogens with one attached hydrogen (secondary N) is 1. The summed E-state index contributed by atoms with van der Waals surface area (Å²) in [5.41, 5.74) is -1.32. The minimum absolute atomic E-state index is 0.0515. The molecule has 0 aromatic rings. The average molecular weight is 306 g/mol. The number of piperidine rings is 1. The quantitative estimate of drug-likeness (QED) is 0.745. The molecular weight excluding hydrogens is 284 g/mol. The molecule has 116 valence electrons. The smallest absolute Gasteiger partial charge is 0.328 e. The van der Waals surface area contributed by atoms with Gasteiger partial charge in [-0.15, -0.1) is 0 Å². The second-order valence-electron chi connectivity index (χ2n) is 5.49. The van der Waals surface area contributed by atoms with Crippen molar-refractivity contribution < 1.29 is 23.1 Å². The van der Waals surface area contributed by atoms with E-state index in [4.69, 9.17) is 5.11 Å². The number of carbonyl (C=O) groups excluding carboxylic acids is 1. The van der Waals surface area contributed by atoms with Crippen LogP contribution >= 0.6 is 0 Å². The lowest BCUT2D eigenvalue weighted by molar-refractivity contribution is -0.146. The van der Waals surface area contributed by atoms with Crippen molar-refractivity contribution in [2.45, 2.75) is 39.2 Å². The van der Waals surface area contributed by atoms with Crippen LogP contribution in [0.15, 0.2) is 0 Å². The van der Waals surface area contributed by atoms with Crippen molar-refractivity contribution in [2.24, 2.45) is 5.92 Å². The summed E-state index contributed by atoms with van der Waals surface area (Å²) < 4.78 is 24.8. The van der Waals surface area contributed by atoms with Gasteiger partial charge in [0, 0.05) is 19.0 Å². The minimum atomic E-state index is -3.21. The zero-order valence-corrected chi connectivity index (χ0v) is 12.9. The molecule has 0 unspecified atom stereocenters. The number of hydrogen-bond donors (Lipinski definition) is 2. The van der Waals surface area contributed by atoms with Crippen LogP contribution in [0.2, 0.25) is 0 Å². The Morgan fingerprint density at radius 2 is 1.80 bits per heavy atom. The van der Waals surface area contributed by atoms with E-state index in [1.165, 1.54) is 18.2 Å². The van der Waals surface area contributed by atoms with Crippen LogP contribution < -0.4 is 5.32 Å². The highest BCUT2D eigenvalue weighted by Gasteiger charge is 2.34. The maximum Gasteiger partial charge on any atom is 0.328 e. The molecule has 7 nitrogen and oxygen atoms in total. The van der Waals surface area contributed by atoms with Gasteiger partial charge in [-0.25, -0.2) is 17.5 Å². The van der Waals surface area contributed by atoms with Crippen molar-refractivity contribution in [3.05, 3.63) is 0 Å². The van der Waals surface area contributed by atoms with Crippen molar-refractivity contribution in [3.63, 3.8) is 0 Å². The van der Waals surface area contributed by atoms with E-state index in [-0.39, 0.29) is 17.6 Å². The van der Waals surface area contributed by atoms with Crippen LogP contribution in [0.25, 0.3) is 0 Å². The monoisotopic (exact) mass is 306 g/mol. The normalized spacial score (nSPS) is 18.8. The number of rotatable bonds is 5. The number of amides is 1. The summed E-state index contributed by atoms with van der Waals surface area (Å²) in [4.78, 5) is 23.0. The molecule has 0 aromatic heterocycles. The van der Waals surface area contributed by atoms with E-state index in [1.807, 2.05) is 0 Å². The van der Waals surface area contributed by atoms with Crippen LogP contribution in [0.1, 0.15) is 33.6 Å². The van der Waals surface area contributed by atoms with Gasteiger partial charge in [0.25, 0.3) is 0 Å². The second-order valence-corrected chi connectivity index (χ2v) is 7.75. The molecule has 20 heavy (non-hydrogen) atoms. The predicted octanol–water partition coefficient (Wildman–Crippen LogP) is 0.0275. The largest absolute Gasteiger partial charge is 0.480 e. The Hall–Kier alpha value is -1.15. The van der Waals surface area contributed by atoms with Crippen molar-refractivity contribution in [1.82, 2.24) is 9.62 Å². The van der Waals surface area contributed by atoms with Gasteiger partial charge >= 0.3 is 5.97 Å². The third kappa shape index (κ3) is 3.92. The fourth-order valence-corrected chi connectivity index (χ4v) is 3.17. The summed E-state index contributed by atoms with van der Waals surface area (Å²) in [7, 11) is -3.21. The molecule has 0 spiro atoms. The molecule has 0 aliphatic carbocycles. The lowest BCUT2D eigenvalue weighted by Crippen LogP contribution is -2.53. The Balaban J connectivity index is 2.58. The molecule has 0 saturated carbocycles. The summed E-state index contributed by atoms with van der Waals surface area (Å²) in [5, 5.41) is 11.5. The molecule has 1 heterocycles. The van der Waals surface area contributed by atoms with Crippen molar-refractivity contribution >= 4 is 21.9 Å². The number of aliphatic carboxylic acids is 1. The molecular formula is C12H22N2O5S. The van der Waals surface area contributed by atoms with Gasteiger partial charge in [-0.3, -0.25) is 4.79 Å². The van der Waals surface area contributed by atoms with Gasteiger partial charge in [-0.1, -0.05) is 0 Å². The first-order chi connectivity index (χ1) is 9.10. The fourth-order valence-electron chi connectivity index (χ4n) is 2.04. The van der Waals surface area contributed by atoms with Gasteiger partial charge in [-0.05, 0) is 33.6 Å². The highest BCUT2D eigenvalue weighted by atomic mass is 32.2. The molecule has 1 aliphatic heterocycles. The number of carboxylic acid groups (broad SMARTS) is 1. The number of nitrogens with zero attached hydrogens (tertiary/aromatic N) is 1. The van der Waals surface area contributed by atoms with Gasteiger partial charge in [-0.2, -0.15) is 0 Å². The van der Waals surface area contributed by atoms with E-state index in [0.717, 1.165) is 0 Å². The van der Waals surface area contributed by atoms with Crippen molar-refractivity contribution in [2.75, 3.05) is 18.8 Å². The highest BCUT2D eigenvalue weighted by molar-refractivity contribution is 7.89. The van der Waals surface area contributed by atoms with Gasteiger partial charge in [0.15, 0.2) is 0 Å². The molecule has 1 amide bonds. The van der Waals surface area contributed by atoms with Crippen LogP contribution in [0, 0.1) is 5.92 Å². The van der Waals surface area contributed by atoms with Gasteiger partial charge < -0.3 is 10.4 Å². The summed E-state index contributed by atoms with van der Waals surface area (Å²) in [6.45, 7) is 5.04. The van der Waals surface area contributed by atoms with E-state index < -0.39 is 21.5 Å². The topological polar surface area (TPSA) is 104 Å². The molecule has 0 atom stereocenters. The van der Waals surface area contributed by atoms with Crippen LogP contribution in [0.4, 0.5) is 0 Å². The molecule has 1 aliphatic rings. The first kappa shape index (κ1) is 16.9. The molecule has 2 N–H and O–H groups in total. The fraction of sp³-hybridized carbons (Fsp3) is 0.833. The summed E-state index contributed by atoms with van der Waals surface area (Å²) in [5.74, 6) is -1.71. The number of sulfonamides is 1. The average Bonchev–Trinajstić information content (AvgIpc) is 2.38. The molecule has 1 fully saturated rings. The molecule has 0 radical (unpaired) electrons. The zero-order chi connectivity index (χ0) is 15.6. The van der Waals surface area contributed by atoms with Crippen LogP contribution in [-0.4, -0.2) is 54.1 Å². The Morgan fingerprint density at radius 3 is 2.20 bits per heavy atom. The molecule has 1 saturated heterocycles. The second kappa shape index (κ2) is 6.09. The van der Waals surface area contributed by atoms with Crippen molar-refractivity contribution in [3.8, 4) is 0 Å². The van der Waals surface area contributed by atoms with E-state index in [0.29, 0.717) is 25.9 Å². The molecule has 1 rings (SSSR count). The Kier molecular flexibility index (Phi) is 5.15. The first-order valence-corrected chi connectivity index (χ1v) is 8.24. The summed E-state index contributed by atoms with van der Waals surface area (Å²) in [6.07, 6.45) is 0.835. The third-order valence-electron chi connectivity index (χ3n) is 3.55. The highest BCUT2D eigenvalue weighted by Crippen LogP contribution is 2.21. The van der Waals surface area contributed by atoms with Gasteiger partial charge in [0.2, 0.25) is 15.9 Å². The zero-order valence-electron chi connectivity index (χ0n) is 12.0. The lowest BCUT2D eigenvalue weighted by Gasteiger charge is -2.32. The first-order valence-electron chi connectivity index (χ1n) is 6.63. The Bertz CT molecular complexity index is 478. The maximum atomic E-state index is 12.0. The predicted molar refractivity (Wildman–Crippen MR) is 73.6 cm³/mol. The number of carbonyl (C=O) groups is 2. The number of hydrogen-bond acceptors (Lipinski definition) is 4. The molecule has 0 bridgehead atoms. The van der Waals surface area contributed by atoms with Gasteiger partial charge in [0.05, 0.1) is 5.75 Å². The minimum Gasteiger partial charge on any atom is -0.480 e. The Labute approximate surface area is 119 Å². The molecule has 8 heteroatoms. The van der Waals surface area contributed by atoms with Crippen molar-refractivity contribution in [1.29, 1.82) is 0 Å². The number of carboxylic acids is 1. The Morgan fingerprint density at radius 1 is 1.30 bits per heavy atom. The van der Waals surface area contributed by atoms with Crippen LogP contribution in [-0.2, 0) is 19.6 Å². The van der Waals surface area contributed by atoms with Crippen LogP contribution in [0.3, 0.4) is 0 Å². The summed E-state index contributed by atoms with van der Waals surface area (Å²) in [6, 6.07) is 0. The van der Waals surface area contributed by atoms with Crippen LogP contribution in [0.5, 0.6) is 0 Å². The summed E-state index contributed by atoms with van der Waals surface area (Å²) >= 11 is 0. The SMILES string of the molecule is CCS(=O)(=O)N1CCC(C(=O)NC(C)(C)C(=O)O)CC1. The van der Waals surface area contributed by atoms with E-state index in [9.17, 15) is 18.0 Å². The third-order valence-corrected chi connectivity index (χ3v) is 5.43. The van der Waals surface area contributed by atoms with E-state index in [2.05, 4.69) is 5.32 Å². The molecule has 0 aromatic carbocycles. The van der Waals surface area contributed by atoms with E-state index >= 15 is 0 Å². The van der Waals surface area contributed by atoms with Gasteiger partial charge in [0.1, 0.15) is 5.54 Å². The lowest BCUT2D eigenvalue weighted by atomic mass is 9.95. The van der Waals surface area contributed by atoms with E-state index in [1.54, 1.807) is 6.92 Å².